The maximum Gasteiger partial charge on any atom is 0.137 e. The Morgan fingerprint density at radius 2 is 0.479 bits per heavy atom. The van der Waals surface area contributed by atoms with Crippen molar-refractivity contribution in [3.8, 4) is 45.4 Å². The van der Waals surface area contributed by atoms with Gasteiger partial charge < -0.3 is 35.8 Å². The number of fused-ring (bicyclic) bond motifs is 24. The van der Waals surface area contributed by atoms with Crippen molar-refractivity contribution in [1.29, 1.82) is 5.26 Å². The largest absolute Gasteiger partial charge is 0.456 e. The fraction of sp³-hybridized carbons (Fsp3) is 0. The summed E-state index contributed by atoms with van der Waals surface area (Å²) in [6.45, 7) is 0. The molecule has 22 rings (SSSR count). The Kier molecular flexibility index (Phi) is 9.59. The molecule has 8 aromatic heterocycles. The van der Waals surface area contributed by atoms with Crippen molar-refractivity contribution in [1.82, 2.24) is 13.7 Å². The summed E-state index contributed by atoms with van der Waals surface area (Å²) < 4.78 is 41.9. The molecule has 0 aliphatic carbocycles. The van der Waals surface area contributed by atoms with E-state index in [1.54, 1.807) is 0 Å². The Hall–Kier alpha value is -13.0. The quantitative estimate of drug-likeness (QED) is 0.170. The summed E-state index contributed by atoms with van der Waals surface area (Å²) >= 11 is 0. The lowest BCUT2D eigenvalue weighted by Crippen LogP contribution is -2.14. The van der Waals surface area contributed by atoms with E-state index in [2.05, 4.69) is 214 Å². The van der Waals surface area contributed by atoms with E-state index in [0.29, 0.717) is 27.9 Å². The van der Waals surface area contributed by atoms with Crippen LogP contribution < -0.4 is 0 Å². The van der Waals surface area contributed by atoms with E-state index in [1.165, 1.54) is 0 Å². The number of para-hydroxylation sites is 8. The molecule has 94 heavy (non-hydrogen) atoms. The van der Waals surface area contributed by atoms with E-state index in [4.69, 9.17) is 22.1 Å². The van der Waals surface area contributed by atoms with Crippen LogP contribution >= 0.6 is 0 Å². The van der Waals surface area contributed by atoms with Gasteiger partial charge in [-0.25, -0.2) is 0 Å². The molecule has 0 atom stereocenters. The SMILES string of the molecule is N#Cc1c(-c2ccc3c(c2)oc2ccccc23)c(-n2c3ccccc3c3cc4c(cc32)oc2ccccc24)c(-n2c3ccccc3c3cc4c(cc32)oc2ccccc24)c(-n2c3ccccc3c3cc4c(cc32)oc2ccccc24)c1-c1ccc2c(c1)oc1ccccc12. The third-order valence-electron chi connectivity index (χ3n) is 20.1. The molecule has 0 bridgehead atoms. The fourth-order valence-corrected chi connectivity index (χ4v) is 16.1. The van der Waals surface area contributed by atoms with Gasteiger partial charge in [0.25, 0.3) is 0 Å². The first-order valence-corrected chi connectivity index (χ1v) is 31.6. The maximum atomic E-state index is 13.1. The van der Waals surface area contributed by atoms with Gasteiger partial charge in [-0.15, -0.1) is 0 Å². The summed E-state index contributed by atoms with van der Waals surface area (Å²) in [4.78, 5) is 0. The molecule has 9 nitrogen and oxygen atoms in total. The van der Waals surface area contributed by atoms with Crippen LogP contribution in [0.3, 0.4) is 0 Å². The smallest absolute Gasteiger partial charge is 0.137 e. The lowest BCUT2D eigenvalue weighted by Gasteiger charge is -2.29. The number of benzene rings is 14. The van der Waals surface area contributed by atoms with E-state index >= 15 is 0 Å². The van der Waals surface area contributed by atoms with Gasteiger partial charge >= 0.3 is 0 Å². The molecular formula is C85H44N4O5. The van der Waals surface area contributed by atoms with Crippen molar-refractivity contribution in [2.45, 2.75) is 0 Å². The molecule has 434 valence electrons. The van der Waals surface area contributed by atoms with Gasteiger partial charge in [-0.1, -0.05) is 158 Å². The second-order valence-electron chi connectivity index (χ2n) is 24.8. The van der Waals surface area contributed by atoms with Gasteiger partial charge in [0, 0.05) is 116 Å². The standard InChI is InChI=1S/C85H44N4O5/c86-45-64-81(46-33-35-56-51-20-4-12-28-71(51)90-76(56)37-46)83(87-65-25-9-1-17-48(65)58-39-61-53-22-6-14-30-73(53)92-78(61)42-68(58)87)85(89-67-27-11-3-19-50(67)60-41-63-55-24-8-16-32-75(55)94-80(63)44-70(60)89)84(82(64)47-34-36-57-52-21-5-13-29-72(52)91-77(57)38-47)88-66-26-10-2-18-49(66)59-40-62-54-23-7-15-31-74(54)93-79(62)43-69(59)88/h1-44H. The third-order valence-corrected chi connectivity index (χ3v) is 20.1. The molecule has 0 amide bonds. The van der Waals surface area contributed by atoms with Crippen molar-refractivity contribution < 1.29 is 22.1 Å². The number of hydrogen-bond donors (Lipinski definition) is 0. The van der Waals surface area contributed by atoms with Crippen LogP contribution in [0.5, 0.6) is 0 Å². The Balaban J connectivity index is 1.04. The zero-order chi connectivity index (χ0) is 61.2. The van der Waals surface area contributed by atoms with E-state index in [0.717, 1.165) is 192 Å². The van der Waals surface area contributed by atoms with Crippen LogP contribution in [-0.4, -0.2) is 13.7 Å². The monoisotopic (exact) mass is 1200 g/mol. The highest BCUT2D eigenvalue weighted by Crippen LogP contribution is 2.54. The summed E-state index contributed by atoms with van der Waals surface area (Å²) in [5.74, 6) is 0. The summed E-state index contributed by atoms with van der Waals surface area (Å²) in [7, 11) is 0. The second-order valence-corrected chi connectivity index (χ2v) is 24.8. The molecule has 0 unspecified atom stereocenters. The number of furan rings is 5. The fourth-order valence-electron chi connectivity index (χ4n) is 16.1. The molecular weight excluding hydrogens is 1160 g/mol. The molecule has 0 radical (unpaired) electrons. The molecule has 0 N–H and O–H groups in total. The molecule has 8 heterocycles. The van der Waals surface area contributed by atoms with Crippen LogP contribution in [0, 0.1) is 11.3 Å². The number of aromatic nitrogens is 3. The van der Waals surface area contributed by atoms with Crippen LogP contribution in [0.1, 0.15) is 5.56 Å². The highest BCUT2D eigenvalue weighted by molar-refractivity contribution is 6.23. The van der Waals surface area contributed by atoms with Gasteiger partial charge in [-0.05, 0) is 102 Å². The number of nitriles is 1. The molecule has 0 saturated heterocycles. The van der Waals surface area contributed by atoms with Crippen LogP contribution in [0.25, 0.3) is 214 Å². The van der Waals surface area contributed by atoms with Gasteiger partial charge in [0.2, 0.25) is 0 Å². The minimum Gasteiger partial charge on any atom is -0.456 e. The third kappa shape index (κ3) is 6.54. The molecule has 0 fully saturated rings. The Bertz CT molecular complexity index is 6880. The molecule has 0 saturated carbocycles. The van der Waals surface area contributed by atoms with Crippen molar-refractivity contribution >= 4 is 175 Å². The summed E-state index contributed by atoms with van der Waals surface area (Å²) in [6, 6.07) is 96.7. The molecule has 22 aromatic rings. The highest BCUT2D eigenvalue weighted by atomic mass is 16.3. The second kappa shape index (κ2) is 18.1. The Morgan fingerprint density at radius 1 is 0.213 bits per heavy atom. The van der Waals surface area contributed by atoms with Gasteiger partial charge in [0.1, 0.15) is 61.9 Å². The van der Waals surface area contributed by atoms with Crippen LogP contribution in [0.2, 0.25) is 0 Å². The van der Waals surface area contributed by atoms with Gasteiger partial charge in [0.05, 0.1) is 55.7 Å². The average Bonchev–Trinajstić information content (AvgIpc) is 1.47. The highest BCUT2D eigenvalue weighted by Gasteiger charge is 2.35. The van der Waals surface area contributed by atoms with E-state index in [1.807, 2.05) is 72.8 Å². The predicted molar refractivity (Wildman–Crippen MR) is 381 cm³/mol. The van der Waals surface area contributed by atoms with Crippen molar-refractivity contribution in [3.63, 3.8) is 0 Å². The van der Waals surface area contributed by atoms with E-state index in [-0.39, 0.29) is 0 Å². The minimum atomic E-state index is 0.437. The Labute approximate surface area is 531 Å². The van der Waals surface area contributed by atoms with Gasteiger partial charge in [-0.3, -0.25) is 0 Å². The average molecular weight is 1200 g/mol. The number of nitrogens with zero attached hydrogens (tertiary/aromatic N) is 4. The van der Waals surface area contributed by atoms with E-state index in [9.17, 15) is 5.26 Å². The maximum absolute atomic E-state index is 13.1. The van der Waals surface area contributed by atoms with E-state index < -0.39 is 0 Å². The van der Waals surface area contributed by atoms with Crippen LogP contribution in [0.15, 0.2) is 289 Å². The first-order valence-electron chi connectivity index (χ1n) is 31.6. The molecule has 9 heteroatoms. The lowest BCUT2D eigenvalue weighted by atomic mass is 9.86. The lowest BCUT2D eigenvalue weighted by molar-refractivity contribution is 0.668. The van der Waals surface area contributed by atoms with Gasteiger partial charge in [0.15, 0.2) is 0 Å². The van der Waals surface area contributed by atoms with Crippen molar-refractivity contribution in [3.05, 3.63) is 272 Å². The molecule has 14 aromatic carbocycles. The molecule has 0 aliphatic rings. The topological polar surface area (TPSA) is 104 Å². The number of rotatable bonds is 5. The van der Waals surface area contributed by atoms with Crippen LogP contribution in [0.4, 0.5) is 0 Å². The zero-order valence-electron chi connectivity index (χ0n) is 49.7. The minimum absolute atomic E-state index is 0.437. The van der Waals surface area contributed by atoms with Crippen LogP contribution in [-0.2, 0) is 0 Å². The van der Waals surface area contributed by atoms with Crippen molar-refractivity contribution in [2.24, 2.45) is 0 Å². The predicted octanol–water partition coefficient (Wildman–Crippen LogP) is 23.7. The molecule has 0 aliphatic heterocycles. The first kappa shape index (κ1) is 49.8. The first-order chi connectivity index (χ1) is 46.6. The molecule has 0 spiro atoms. The summed E-state index contributed by atoms with van der Waals surface area (Å²) in [5, 5.41) is 29.4. The normalized spacial score (nSPS) is 12.5. The zero-order valence-corrected chi connectivity index (χ0v) is 49.7. The van der Waals surface area contributed by atoms with Crippen molar-refractivity contribution in [2.75, 3.05) is 0 Å². The number of hydrogen-bond acceptors (Lipinski definition) is 6. The van der Waals surface area contributed by atoms with Gasteiger partial charge in [-0.2, -0.15) is 5.26 Å². The Morgan fingerprint density at radius 3 is 0.809 bits per heavy atom. The summed E-state index contributed by atoms with van der Waals surface area (Å²) in [6.07, 6.45) is 0. The summed E-state index contributed by atoms with van der Waals surface area (Å²) in [5.41, 5.74) is 18.7.